The van der Waals surface area contributed by atoms with Gasteiger partial charge in [0.05, 0.1) is 5.75 Å². The number of aliphatic hydroxyl groups is 4. The summed E-state index contributed by atoms with van der Waals surface area (Å²) in [6.45, 7) is 1.20. The molecule has 68 valence electrons. The zero-order chi connectivity index (χ0) is 9.28. The van der Waals surface area contributed by atoms with Crippen molar-refractivity contribution in [2.45, 2.75) is 18.3 Å². The monoisotopic (exact) mass is 186 g/mol. The van der Waals surface area contributed by atoms with Crippen LogP contribution in [0.1, 0.15) is 6.92 Å². The Labute approximate surface area is 63.6 Å². The first-order valence-electron chi connectivity index (χ1n) is 2.78. The van der Waals surface area contributed by atoms with Crippen LogP contribution in [0.2, 0.25) is 0 Å². The summed E-state index contributed by atoms with van der Waals surface area (Å²) in [4.78, 5) is 0. The molecule has 0 amide bonds. The highest BCUT2D eigenvalue weighted by molar-refractivity contribution is 7.91. The Morgan fingerprint density at radius 2 is 1.73 bits per heavy atom. The zero-order valence-corrected chi connectivity index (χ0v) is 6.61. The molecule has 0 aromatic heterocycles. The molecule has 0 bridgehead atoms. The molecule has 0 aliphatic rings. The third kappa shape index (κ3) is 2.72. The minimum atomic E-state index is -4.05. The first kappa shape index (κ1) is 10.8. The van der Waals surface area contributed by atoms with Gasteiger partial charge in [-0.05, 0) is 0 Å². The van der Waals surface area contributed by atoms with E-state index in [4.69, 9.17) is 20.4 Å². The topological polar surface area (TPSA) is 115 Å². The van der Waals surface area contributed by atoms with Crippen LogP contribution < -0.4 is 0 Å². The molecule has 7 heteroatoms. The standard InChI is InChI=1S/C4H10O6S/c1-2-11(9,10)3(5)4(6,7)8/h3,5-8H,2H2,1H3. The minimum absolute atomic E-state index is 0.488. The van der Waals surface area contributed by atoms with E-state index in [1.54, 1.807) is 0 Å². The highest BCUT2D eigenvalue weighted by Gasteiger charge is 2.40. The summed E-state index contributed by atoms with van der Waals surface area (Å²) in [5.41, 5.74) is -2.58. The Morgan fingerprint density at radius 1 is 1.36 bits per heavy atom. The number of rotatable bonds is 3. The molecular weight excluding hydrogens is 176 g/mol. The third-order valence-corrected chi connectivity index (χ3v) is 2.88. The molecule has 0 saturated heterocycles. The predicted molar refractivity (Wildman–Crippen MR) is 34.9 cm³/mol. The van der Waals surface area contributed by atoms with E-state index in [0.717, 1.165) is 0 Å². The smallest absolute Gasteiger partial charge is 0.318 e. The van der Waals surface area contributed by atoms with Gasteiger partial charge in [0.2, 0.25) is 5.44 Å². The summed E-state index contributed by atoms with van der Waals surface area (Å²) in [6, 6.07) is 0. The van der Waals surface area contributed by atoms with Gasteiger partial charge in [0, 0.05) is 0 Å². The van der Waals surface area contributed by atoms with Crippen molar-refractivity contribution in [1.29, 1.82) is 0 Å². The molecule has 0 spiro atoms. The van der Waals surface area contributed by atoms with Gasteiger partial charge in [-0.25, -0.2) is 8.42 Å². The average molecular weight is 186 g/mol. The van der Waals surface area contributed by atoms with Crippen LogP contribution in [0, 0.1) is 0 Å². The predicted octanol–water partition coefficient (Wildman–Crippen LogP) is -2.63. The lowest BCUT2D eigenvalue weighted by Gasteiger charge is -2.19. The molecule has 0 heterocycles. The van der Waals surface area contributed by atoms with Crippen LogP contribution in [0.4, 0.5) is 0 Å². The summed E-state index contributed by atoms with van der Waals surface area (Å²) in [7, 11) is -4.05. The molecule has 6 nitrogen and oxygen atoms in total. The third-order valence-electron chi connectivity index (χ3n) is 1.07. The maximum Gasteiger partial charge on any atom is 0.318 e. The van der Waals surface area contributed by atoms with Crippen LogP contribution >= 0.6 is 0 Å². The fourth-order valence-electron chi connectivity index (χ4n) is 0.399. The van der Waals surface area contributed by atoms with Gasteiger partial charge in [0.15, 0.2) is 9.84 Å². The summed E-state index contributed by atoms with van der Waals surface area (Å²) < 4.78 is 21.2. The Hall–Kier alpha value is -0.210. The van der Waals surface area contributed by atoms with E-state index in [9.17, 15) is 8.42 Å². The summed E-state index contributed by atoms with van der Waals surface area (Å²) in [5.74, 6) is -4.08. The Balaban J connectivity index is 4.64. The fourth-order valence-corrected chi connectivity index (χ4v) is 1.20. The molecule has 0 saturated carbocycles. The van der Waals surface area contributed by atoms with E-state index in [1.165, 1.54) is 6.92 Å². The van der Waals surface area contributed by atoms with Gasteiger partial charge in [-0.15, -0.1) is 0 Å². The van der Waals surface area contributed by atoms with Gasteiger partial charge in [0.25, 0.3) is 0 Å². The molecular formula is C4H10O6S. The first-order chi connectivity index (χ1) is 4.72. The van der Waals surface area contributed by atoms with Gasteiger partial charge in [-0.2, -0.15) is 0 Å². The van der Waals surface area contributed by atoms with Gasteiger partial charge in [0.1, 0.15) is 0 Å². The van der Waals surface area contributed by atoms with E-state index >= 15 is 0 Å². The van der Waals surface area contributed by atoms with Crippen molar-refractivity contribution in [3.05, 3.63) is 0 Å². The molecule has 0 aliphatic heterocycles. The lowest BCUT2D eigenvalue weighted by molar-refractivity contribution is -0.336. The second-order valence-electron chi connectivity index (χ2n) is 1.99. The normalized spacial score (nSPS) is 16.5. The average Bonchev–Trinajstić information content (AvgIpc) is 1.84. The van der Waals surface area contributed by atoms with Crippen molar-refractivity contribution in [3.8, 4) is 0 Å². The lowest BCUT2D eigenvalue weighted by Crippen LogP contribution is -2.47. The molecule has 0 rings (SSSR count). The number of hydrogen-bond acceptors (Lipinski definition) is 6. The minimum Gasteiger partial charge on any atom is -0.371 e. The van der Waals surface area contributed by atoms with Crippen molar-refractivity contribution in [2.75, 3.05) is 5.75 Å². The van der Waals surface area contributed by atoms with E-state index in [1.807, 2.05) is 0 Å². The van der Waals surface area contributed by atoms with Crippen molar-refractivity contribution in [2.24, 2.45) is 0 Å². The van der Waals surface area contributed by atoms with Crippen molar-refractivity contribution in [1.82, 2.24) is 0 Å². The summed E-state index contributed by atoms with van der Waals surface area (Å²) in [5, 5.41) is 33.3. The molecule has 0 aliphatic carbocycles. The van der Waals surface area contributed by atoms with Gasteiger partial charge in [-0.1, -0.05) is 6.92 Å². The fraction of sp³-hybridized carbons (Fsp3) is 1.00. The maximum absolute atomic E-state index is 10.6. The second-order valence-corrected chi connectivity index (χ2v) is 4.34. The van der Waals surface area contributed by atoms with Crippen LogP contribution in [-0.4, -0.2) is 46.0 Å². The molecule has 0 radical (unpaired) electrons. The zero-order valence-electron chi connectivity index (χ0n) is 5.80. The second kappa shape index (κ2) is 3.03. The maximum atomic E-state index is 10.6. The summed E-state index contributed by atoms with van der Waals surface area (Å²) >= 11 is 0. The molecule has 1 atom stereocenters. The van der Waals surface area contributed by atoms with E-state index in [2.05, 4.69) is 0 Å². The van der Waals surface area contributed by atoms with Crippen LogP contribution in [0.15, 0.2) is 0 Å². The van der Waals surface area contributed by atoms with E-state index < -0.39 is 27.0 Å². The SMILES string of the molecule is CCS(=O)(=O)C(O)C(O)(O)O. The number of sulfone groups is 1. The summed E-state index contributed by atoms with van der Waals surface area (Å²) in [6.07, 6.45) is 0. The first-order valence-corrected chi connectivity index (χ1v) is 4.50. The number of aliphatic hydroxyl groups excluding tert-OH is 1. The van der Waals surface area contributed by atoms with Crippen molar-refractivity contribution in [3.63, 3.8) is 0 Å². The van der Waals surface area contributed by atoms with Crippen LogP contribution in [0.25, 0.3) is 0 Å². The van der Waals surface area contributed by atoms with Gasteiger partial charge >= 0.3 is 5.97 Å². The molecule has 11 heavy (non-hydrogen) atoms. The molecule has 4 N–H and O–H groups in total. The Kier molecular flexibility index (Phi) is 2.98. The van der Waals surface area contributed by atoms with Crippen molar-refractivity contribution >= 4 is 9.84 Å². The van der Waals surface area contributed by atoms with Gasteiger partial charge in [-0.3, -0.25) is 0 Å². The van der Waals surface area contributed by atoms with Crippen LogP contribution in [0.3, 0.4) is 0 Å². The van der Waals surface area contributed by atoms with E-state index in [-0.39, 0.29) is 0 Å². The highest BCUT2D eigenvalue weighted by Crippen LogP contribution is 2.09. The highest BCUT2D eigenvalue weighted by atomic mass is 32.2. The largest absolute Gasteiger partial charge is 0.371 e. The van der Waals surface area contributed by atoms with Crippen molar-refractivity contribution < 1.29 is 28.8 Å². The van der Waals surface area contributed by atoms with Gasteiger partial charge < -0.3 is 20.4 Å². The van der Waals surface area contributed by atoms with Crippen LogP contribution in [0.5, 0.6) is 0 Å². The molecule has 1 unspecified atom stereocenters. The Bertz CT molecular complexity index is 211. The molecule has 0 fully saturated rings. The lowest BCUT2D eigenvalue weighted by atomic mass is 10.6. The number of hydrogen-bond donors (Lipinski definition) is 4. The molecule has 0 aromatic carbocycles. The van der Waals surface area contributed by atoms with E-state index in [0.29, 0.717) is 0 Å². The Morgan fingerprint density at radius 3 is 1.82 bits per heavy atom. The molecule has 0 aromatic rings. The quantitative estimate of drug-likeness (QED) is 0.358. The van der Waals surface area contributed by atoms with Crippen LogP contribution in [-0.2, 0) is 9.84 Å².